The van der Waals surface area contributed by atoms with Crippen molar-refractivity contribution < 1.29 is 19.2 Å². The van der Waals surface area contributed by atoms with Crippen LogP contribution in [-0.4, -0.2) is 54.3 Å². The van der Waals surface area contributed by atoms with Crippen LogP contribution in [0.1, 0.15) is 17.1 Å². The summed E-state index contributed by atoms with van der Waals surface area (Å²) in [4.78, 5) is 22.7. The van der Waals surface area contributed by atoms with E-state index in [0.29, 0.717) is 39.3 Å². The van der Waals surface area contributed by atoms with E-state index in [1.807, 2.05) is 32.3 Å². The predicted octanol–water partition coefficient (Wildman–Crippen LogP) is 5.82. The lowest BCUT2D eigenvalue weighted by Crippen LogP contribution is -2.26. The maximum atomic E-state index is 10.8. The number of carbonyl (C=O) groups is 1. The Hall–Kier alpha value is -3.38. The van der Waals surface area contributed by atoms with E-state index in [2.05, 4.69) is 20.9 Å². The van der Waals surface area contributed by atoms with Gasteiger partial charge in [-0.3, -0.25) is 14.9 Å². The summed E-state index contributed by atoms with van der Waals surface area (Å²) in [5.41, 5.74) is 1.93. The van der Waals surface area contributed by atoms with Crippen LogP contribution in [0.3, 0.4) is 0 Å². The first kappa shape index (κ1) is 32.8. The summed E-state index contributed by atoms with van der Waals surface area (Å²) in [5.74, 6) is 3.06. The number of furan rings is 1. The van der Waals surface area contributed by atoms with Crippen LogP contribution in [0, 0.1) is 10.1 Å². The fraction of sp³-hybridized carbons (Fsp3) is 0.296. The summed E-state index contributed by atoms with van der Waals surface area (Å²) < 4.78 is 5.70. The van der Waals surface area contributed by atoms with Gasteiger partial charge in [0, 0.05) is 25.0 Å². The van der Waals surface area contributed by atoms with Crippen molar-refractivity contribution in [1.29, 1.82) is 0 Å². The first-order valence-electron chi connectivity index (χ1n) is 12.2. The number of nitrogens with one attached hydrogen (secondary N) is 3. The Labute approximate surface area is 247 Å². The van der Waals surface area contributed by atoms with Gasteiger partial charge in [-0.1, -0.05) is 47.5 Å². The molecule has 0 spiro atoms. The summed E-state index contributed by atoms with van der Waals surface area (Å²) in [6.45, 7) is 1.44. The van der Waals surface area contributed by atoms with Gasteiger partial charge in [-0.25, -0.2) is 0 Å². The van der Waals surface area contributed by atoms with Gasteiger partial charge in [0.25, 0.3) is 6.20 Å². The van der Waals surface area contributed by atoms with Crippen molar-refractivity contribution in [3.63, 3.8) is 0 Å². The summed E-state index contributed by atoms with van der Waals surface area (Å²) in [7, 11) is 5.64. The molecule has 0 aliphatic carbocycles. The van der Waals surface area contributed by atoms with E-state index in [1.54, 1.807) is 55.2 Å². The van der Waals surface area contributed by atoms with Crippen molar-refractivity contribution in [2.24, 2.45) is 0 Å². The van der Waals surface area contributed by atoms with Crippen molar-refractivity contribution in [2.45, 2.75) is 18.7 Å². The number of carboxylic acid groups (broad SMARTS) is 1. The topological polar surface area (TPSA) is 133 Å². The van der Waals surface area contributed by atoms with Crippen LogP contribution in [0.25, 0.3) is 0 Å². The average Bonchev–Trinajstić information content (AvgIpc) is 3.32. The Balaban J connectivity index is 0.000000281. The number of anilines is 2. The monoisotopic (exact) mass is 609 g/mol. The van der Waals surface area contributed by atoms with E-state index < -0.39 is 10.9 Å². The SMILES string of the molecule is CN/C(=C/[N+](=O)[O-])NCCSCc1ccc(CN(C)C)o1.O=C(O)Cc1ccccc1Nc1c(Cl)cccc1Cl. The summed E-state index contributed by atoms with van der Waals surface area (Å²) in [5, 5.41) is 29.0. The molecular formula is C27H33Cl2N5O5S. The van der Waals surface area contributed by atoms with Gasteiger partial charge in [-0.05, 0) is 50.0 Å². The number of hydrogen-bond acceptors (Lipinski definition) is 9. The first-order chi connectivity index (χ1) is 19.1. The largest absolute Gasteiger partial charge is 0.481 e. The molecule has 216 valence electrons. The molecule has 1 heterocycles. The second-order valence-electron chi connectivity index (χ2n) is 8.61. The predicted molar refractivity (Wildman–Crippen MR) is 162 cm³/mol. The zero-order valence-electron chi connectivity index (χ0n) is 22.4. The maximum absolute atomic E-state index is 10.8. The Bertz CT molecular complexity index is 1270. The number of nitrogens with zero attached hydrogens (tertiary/aromatic N) is 2. The van der Waals surface area contributed by atoms with Crippen LogP contribution < -0.4 is 16.0 Å². The first-order valence-corrected chi connectivity index (χ1v) is 14.1. The van der Waals surface area contributed by atoms with E-state index in [4.69, 9.17) is 32.7 Å². The molecule has 0 aliphatic rings. The standard InChI is InChI=1S/C14H11Cl2NO2.C13H22N4O3S/c15-10-5-3-6-11(16)14(10)17-12-7-2-1-4-9(12)8-13(18)19;1-14-13(9-17(18)19)15-6-7-21-10-12-5-4-11(20-12)8-16(2)3/h1-7,17H,8H2,(H,18,19);4-5,9,14-15H,6-8,10H2,1-3H3/b;13-9-. The van der Waals surface area contributed by atoms with Crippen molar-refractivity contribution in [2.75, 3.05) is 38.8 Å². The molecule has 0 saturated carbocycles. The minimum atomic E-state index is -0.889. The molecule has 10 nitrogen and oxygen atoms in total. The van der Waals surface area contributed by atoms with Gasteiger partial charge in [0.2, 0.25) is 0 Å². The molecule has 0 aliphatic heterocycles. The van der Waals surface area contributed by atoms with Gasteiger partial charge in [0.1, 0.15) is 11.5 Å². The van der Waals surface area contributed by atoms with E-state index >= 15 is 0 Å². The van der Waals surface area contributed by atoms with E-state index in [-0.39, 0.29) is 6.42 Å². The quantitative estimate of drug-likeness (QED) is 0.101. The molecule has 2 aromatic carbocycles. The molecule has 1 aromatic heterocycles. The average molecular weight is 611 g/mol. The van der Waals surface area contributed by atoms with Crippen LogP contribution in [0.4, 0.5) is 11.4 Å². The number of thioether (sulfide) groups is 1. The smallest absolute Gasteiger partial charge is 0.307 e. The van der Waals surface area contributed by atoms with Crippen LogP contribution >= 0.6 is 35.0 Å². The number of nitro groups is 1. The molecular weight excluding hydrogens is 577 g/mol. The number of benzene rings is 2. The molecule has 40 heavy (non-hydrogen) atoms. The van der Waals surface area contributed by atoms with E-state index in [0.717, 1.165) is 35.8 Å². The third-order valence-electron chi connectivity index (χ3n) is 5.08. The van der Waals surface area contributed by atoms with E-state index in [1.165, 1.54) is 0 Å². The van der Waals surface area contributed by atoms with Crippen molar-refractivity contribution in [1.82, 2.24) is 15.5 Å². The van der Waals surface area contributed by atoms with Crippen LogP contribution in [0.15, 0.2) is 71.0 Å². The van der Waals surface area contributed by atoms with Crippen molar-refractivity contribution >= 4 is 52.3 Å². The molecule has 0 bridgehead atoms. The molecule has 3 aromatic rings. The molecule has 0 amide bonds. The molecule has 3 rings (SSSR count). The highest BCUT2D eigenvalue weighted by Crippen LogP contribution is 2.33. The zero-order chi connectivity index (χ0) is 29.5. The molecule has 0 radical (unpaired) electrons. The molecule has 0 saturated heterocycles. The Morgan fingerprint density at radius 3 is 2.40 bits per heavy atom. The highest BCUT2D eigenvalue weighted by molar-refractivity contribution is 7.98. The fourth-order valence-electron chi connectivity index (χ4n) is 3.34. The number of rotatable bonds is 14. The van der Waals surface area contributed by atoms with Gasteiger partial charge in [0.15, 0.2) is 5.82 Å². The van der Waals surface area contributed by atoms with Gasteiger partial charge in [-0.2, -0.15) is 11.8 Å². The number of para-hydroxylation sites is 2. The van der Waals surface area contributed by atoms with Gasteiger partial charge in [0.05, 0.1) is 39.4 Å². The lowest BCUT2D eigenvalue weighted by atomic mass is 10.1. The van der Waals surface area contributed by atoms with E-state index in [9.17, 15) is 14.9 Å². The third-order valence-corrected chi connectivity index (χ3v) is 6.69. The Morgan fingerprint density at radius 2 is 1.77 bits per heavy atom. The normalized spacial score (nSPS) is 11.0. The second kappa shape index (κ2) is 17.3. The molecule has 13 heteroatoms. The van der Waals surface area contributed by atoms with Crippen LogP contribution in [-0.2, 0) is 23.5 Å². The lowest BCUT2D eigenvalue weighted by molar-refractivity contribution is -0.404. The number of carboxylic acids is 1. The molecule has 0 fully saturated rings. The highest BCUT2D eigenvalue weighted by atomic mass is 35.5. The van der Waals surface area contributed by atoms with Crippen LogP contribution in [0.5, 0.6) is 0 Å². The fourth-order valence-corrected chi connectivity index (χ4v) is 4.58. The minimum Gasteiger partial charge on any atom is -0.481 e. The second-order valence-corrected chi connectivity index (χ2v) is 10.5. The lowest BCUT2D eigenvalue weighted by Gasteiger charge is -2.13. The summed E-state index contributed by atoms with van der Waals surface area (Å²) in [6.07, 6.45) is 0.857. The van der Waals surface area contributed by atoms with Gasteiger partial charge >= 0.3 is 5.97 Å². The van der Waals surface area contributed by atoms with Crippen molar-refractivity contribution in [3.05, 3.63) is 104 Å². The Morgan fingerprint density at radius 1 is 1.10 bits per heavy atom. The minimum absolute atomic E-state index is 0.0642. The zero-order valence-corrected chi connectivity index (χ0v) is 24.8. The van der Waals surface area contributed by atoms with Gasteiger partial charge < -0.3 is 30.4 Å². The molecule has 0 atom stereocenters. The summed E-state index contributed by atoms with van der Waals surface area (Å²) >= 11 is 13.9. The Kier molecular flexibility index (Phi) is 14.2. The molecule has 4 N–H and O–H groups in total. The highest BCUT2D eigenvalue weighted by Gasteiger charge is 2.10. The molecule has 0 unspecified atom stereocenters. The maximum Gasteiger partial charge on any atom is 0.307 e. The van der Waals surface area contributed by atoms with Crippen molar-refractivity contribution in [3.8, 4) is 0 Å². The number of hydrogen-bond donors (Lipinski definition) is 4. The summed E-state index contributed by atoms with van der Waals surface area (Å²) in [6, 6.07) is 16.3. The number of halogens is 2. The van der Waals surface area contributed by atoms with Gasteiger partial charge in [-0.15, -0.1) is 0 Å². The van der Waals surface area contributed by atoms with Crippen LogP contribution in [0.2, 0.25) is 10.0 Å². The third kappa shape index (κ3) is 12.2. The number of aliphatic carboxylic acids is 1.